The molecule has 0 aliphatic carbocycles. The molecule has 0 spiro atoms. The van der Waals surface area contributed by atoms with Gasteiger partial charge in [0.1, 0.15) is 5.75 Å². The fraction of sp³-hybridized carbons (Fsp3) is 0.308. The molecule has 0 amide bonds. The molecule has 0 bridgehead atoms. The molecule has 2 heteroatoms. The molecule has 0 N–H and O–H groups in total. The fourth-order valence-corrected chi connectivity index (χ4v) is 1.22. The van der Waals surface area contributed by atoms with E-state index in [9.17, 15) is 4.79 Å². The van der Waals surface area contributed by atoms with Gasteiger partial charge in [0.15, 0.2) is 5.78 Å². The molecule has 80 valence electrons. The van der Waals surface area contributed by atoms with E-state index >= 15 is 0 Å². The van der Waals surface area contributed by atoms with E-state index in [-0.39, 0.29) is 11.9 Å². The molecule has 0 saturated carbocycles. The fourth-order valence-electron chi connectivity index (χ4n) is 1.22. The number of carbonyl (C=O) groups excluding carboxylic acids is 1. The lowest BCUT2D eigenvalue weighted by Gasteiger charge is -2.09. The monoisotopic (exact) mass is 204 g/mol. The summed E-state index contributed by atoms with van der Waals surface area (Å²) in [5.41, 5.74) is 0.684. The Morgan fingerprint density at radius 1 is 1.27 bits per heavy atom. The van der Waals surface area contributed by atoms with Crippen LogP contribution in [0, 0.1) is 0 Å². The highest BCUT2D eigenvalue weighted by molar-refractivity contribution is 6.04. The molecule has 0 aromatic heterocycles. The Bertz CT molecular complexity index is 347. The minimum Gasteiger partial charge on any atom is -0.491 e. The first-order valence-electron chi connectivity index (χ1n) is 5.07. The summed E-state index contributed by atoms with van der Waals surface area (Å²) < 4.78 is 5.48. The smallest absolute Gasteiger partial charge is 0.185 e. The van der Waals surface area contributed by atoms with Crippen molar-refractivity contribution in [2.45, 2.75) is 26.9 Å². The van der Waals surface area contributed by atoms with Crippen molar-refractivity contribution in [1.82, 2.24) is 0 Å². The minimum absolute atomic E-state index is 0.0218. The summed E-state index contributed by atoms with van der Waals surface area (Å²) in [7, 11) is 0. The largest absolute Gasteiger partial charge is 0.491 e. The van der Waals surface area contributed by atoms with Crippen molar-refractivity contribution in [3.05, 3.63) is 42.0 Å². The maximum Gasteiger partial charge on any atom is 0.185 e. The normalized spacial score (nSPS) is 10.9. The van der Waals surface area contributed by atoms with Gasteiger partial charge in [-0.1, -0.05) is 6.08 Å². The van der Waals surface area contributed by atoms with Gasteiger partial charge in [0.05, 0.1) is 6.10 Å². The van der Waals surface area contributed by atoms with E-state index in [2.05, 4.69) is 0 Å². The standard InChI is InChI=1S/C13H16O2/c1-4-5-13(14)11-6-8-12(9-7-11)15-10(2)3/h4-10H,1-3H3/b5-4+. The van der Waals surface area contributed by atoms with Crippen LogP contribution in [0.3, 0.4) is 0 Å². The van der Waals surface area contributed by atoms with Crippen LogP contribution in [0.15, 0.2) is 36.4 Å². The lowest BCUT2D eigenvalue weighted by Crippen LogP contribution is -2.05. The van der Waals surface area contributed by atoms with E-state index in [1.54, 1.807) is 24.3 Å². The summed E-state index contributed by atoms with van der Waals surface area (Å²) in [4.78, 5) is 11.5. The molecule has 0 unspecified atom stereocenters. The Kier molecular flexibility index (Phi) is 4.10. The second-order valence-corrected chi connectivity index (χ2v) is 3.56. The van der Waals surface area contributed by atoms with Crippen LogP contribution < -0.4 is 4.74 Å². The van der Waals surface area contributed by atoms with Crippen LogP contribution in [-0.4, -0.2) is 11.9 Å². The molecule has 15 heavy (non-hydrogen) atoms. The molecule has 1 aromatic rings. The summed E-state index contributed by atoms with van der Waals surface area (Å²) >= 11 is 0. The van der Waals surface area contributed by atoms with Crippen LogP contribution in [0.5, 0.6) is 5.75 Å². The zero-order valence-corrected chi connectivity index (χ0v) is 9.36. The van der Waals surface area contributed by atoms with Gasteiger partial charge in [0.25, 0.3) is 0 Å². The predicted octanol–water partition coefficient (Wildman–Crippen LogP) is 3.23. The number of rotatable bonds is 4. The van der Waals surface area contributed by atoms with Gasteiger partial charge >= 0.3 is 0 Å². The van der Waals surface area contributed by atoms with Crippen molar-refractivity contribution >= 4 is 5.78 Å². The predicted molar refractivity (Wildman–Crippen MR) is 61.4 cm³/mol. The summed E-state index contributed by atoms with van der Waals surface area (Å²) in [5, 5.41) is 0. The lowest BCUT2D eigenvalue weighted by atomic mass is 10.1. The topological polar surface area (TPSA) is 26.3 Å². The van der Waals surface area contributed by atoms with Gasteiger partial charge in [-0.3, -0.25) is 4.79 Å². The Labute approximate surface area is 90.6 Å². The number of benzene rings is 1. The van der Waals surface area contributed by atoms with Crippen LogP contribution >= 0.6 is 0 Å². The van der Waals surface area contributed by atoms with Crippen LogP contribution in [0.25, 0.3) is 0 Å². The van der Waals surface area contributed by atoms with E-state index in [1.807, 2.05) is 32.9 Å². The number of hydrogen-bond acceptors (Lipinski definition) is 2. The first-order valence-corrected chi connectivity index (χ1v) is 5.07. The van der Waals surface area contributed by atoms with E-state index in [1.165, 1.54) is 0 Å². The van der Waals surface area contributed by atoms with E-state index in [4.69, 9.17) is 4.74 Å². The van der Waals surface area contributed by atoms with Gasteiger partial charge in [0, 0.05) is 5.56 Å². The molecular weight excluding hydrogens is 188 g/mol. The Morgan fingerprint density at radius 3 is 2.33 bits per heavy atom. The van der Waals surface area contributed by atoms with Crippen LogP contribution in [-0.2, 0) is 0 Å². The maximum absolute atomic E-state index is 11.5. The molecule has 0 heterocycles. The third kappa shape index (κ3) is 3.58. The molecule has 2 nitrogen and oxygen atoms in total. The van der Waals surface area contributed by atoms with E-state index < -0.39 is 0 Å². The highest BCUT2D eigenvalue weighted by Gasteiger charge is 2.02. The number of hydrogen-bond donors (Lipinski definition) is 0. The molecule has 0 radical (unpaired) electrons. The highest BCUT2D eigenvalue weighted by Crippen LogP contribution is 2.14. The van der Waals surface area contributed by atoms with Gasteiger partial charge in [-0.25, -0.2) is 0 Å². The van der Waals surface area contributed by atoms with Gasteiger partial charge in [-0.15, -0.1) is 0 Å². The van der Waals surface area contributed by atoms with Gasteiger partial charge in [0.2, 0.25) is 0 Å². The Hall–Kier alpha value is -1.57. The summed E-state index contributed by atoms with van der Waals surface area (Å²) in [6.07, 6.45) is 3.45. The van der Waals surface area contributed by atoms with Crippen LogP contribution in [0.1, 0.15) is 31.1 Å². The molecule has 1 rings (SSSR count). The van der Waals surface area contributed by atoms with E-state index in [0.29, 0.717) is 5.56 Å². The molecule has 0 fully saturated rings. The average molecular weight is 204 g/mol. The Morgan fingerprint density at radius 2 is 1.87 bits per heavy atom. The molecule has 0 atom stereocenters. The minimum atomic E-state index is 0.0218. The molecular formula is C13H16O2. The van der Waals surface area contributed by atoms with Crippen molar-refractivity contribution in [3.8, 4) is 5.75 Å². The zero-order chi connectivity index (χ0) is 11.3. The first-order chi connectivity index (χ1) is 7.13. The third-order valence-corrected chi connectivity index (χ3v) is 1.83. The van der Waals surface area contributed by atoms with Gasteiger partial charge in [-0.2, -0.15) is 0 Å². The van der Waals surface area contributed by atoms with E-state index in [0.717, 1.165) is 5.75 Å². The first kappa shape index (κ1) is 11.5. The average Bonchev–Trinajstić information content (AvgIpc) is 2.18. The van der Waals surface area contributed by atoms with Crippen molar-refractivity contribution in [2.24, 2.45) is 0 Å². The summed E-state index contributed by atoms with van der Waals surface area (Å²) in [6.45, 7) is 5.77. The molecule has 1 aromatic carbocycles. The highest BCUT2D eigenvalue weighted by atomic mass is 16.5. The maximum atomic E-state index is 11.5. The molecule has 0 aliphatic heterocycles. The second-order valence-electron chi connectivity index (χ2n) is 3.56. The molecule has 0 saturated heterocycles. The quantitative estimate of drug-likeness (QED) is 0.556. The van der Waals surface area contributed by atoms with Crippen molar-refractivity contribution in [3.63, 3.8) is 0 Å². The van der Waals surface area contributed by atoms with Crippen molar-refractivity contribution in [2.75, 3.05) is 0 Å². The number of carbonyl (C=O) groups is 1. The zero-order valence-electron chi connectivity index (χ0n) is 9.36. The lowest BCUT2D eigenvalue weighted by molar-refractivity contribution is 0.104. The van der Waals surface area contributed by atoms with Crippen LogP contribution in [0.4, 0.5) is 0 Å². The SMILES string of the molecule is C/C=C/C(=O)c1ccc(OC(C)C)cc1. The van der Waals surface area contributed by atoms with Crippen molar-refractivity contribution in [1.29, 1.82) is 0 Å². The summed E-state index contributed by atoms with van der Waals surface area (Å²) in [6, 6.07) is 7.19. The second kappa shape index (κ2) is 5.35. The number of ether oxygens (including phenoxy) is 1. The summed E-state index contributed by atoms with van der Waals surface area (Å²) in [5.74, 6) is 0.815. The third-order valence-electron chi connectivity index (χ3n) is 1.83. The van der Waals surface area contributed by atoms with Gasteiger partial charge in [-0.05, 0) is 51.1 Å². The molecule has 0 aliphatic rings. The number of allylic oxidation sites excluding steroid dienone is 2. The van der Waals surface area contributed by atoms with Crippen molar-refractivity contribution < 1.29 is 9.53 Å². The van der Waals surface area contributed by atoms with Gasteiger partial charge < -0.3 is 4.74 Å². The number of ketones is 1. The van der Waals surface area contributed by atoms with Crippen LogP contribution in [0.2, 0.25) is 0 Å². The Balaban J connectivity index is 2.76.